The van der Waals surface area contributed by atoms with Gasteiger partial charge in [-0.3, -0.25) is 14.7 Å². The van der Waals surface area contributed by atoms with Gasteiger partial charge in [-0.15, -0.1) is 0 Å². The van der Waals surface area contributed by atoms with Crippen LogP contribution in [0, 0.1) is 0 Å². The summed E-state index contributed by atoms with van der Waals surface area (Å²) in [6, 6.07) is 3.92. The summed E-state index contributed by atoms with van der Waals surface area (Å²) < 4.78 is 55.0. The Morgan fingerprint density at radius 2 is 2.00 bits per heavy atom. The SMILES string of the molecule is C[C@@H](NC(=O)c1cn(C2CCN(S(C)(=O)=O)CC2)c(=O)c2c[nH]nc12)c1cccc2c1CCC2(F)F. The number of nitrogens with one attached hydrogen (secondary N) is 2. The van der Waals surface area contributed by atoms with Crippen LogP contribution >= 0.6 is 0 Å². The van der Waals surface area contributed by atoms with Crippen LogP contribution in [0.5, 0.6) is 0 Å². The van der Waals surface area contributed by atoms with Crippen LogP contribution in [-0.4, -0.2) is 52.7 Å². The number of benzene rings is 1. The average Bonchev–Trinajstić information content (AvgIpc) is 3.44. The second-order valence-corrected chi connectivity index (χ2v) is 11.6. The molecule has 1 saturated heterocycles. The molecule has 0 radical (unpaired) electrons. The van der Waals surface area contributed by atoms with Gasteiger partial charge < -0.3 is 9.88 Å². The third-order valence-electron chi connectivity index (χ3n) is 7.27. The third-order valence-corrected chi connectivity index (χ3v) is 8.57. The lowest BCUT2D eigenvalue weighted by Gasteiger charge is -2.31. The second kappa shape index (κ2) is 8.77. The van der Waals surface area contributed by atoms with Crippen molar-refractivity contribution < 1.29 is 22.0 Å². The number of rotatable bonds is 5. The molecule has 1 atom stereocenters. The van der Waals surface area contributed by atoms with E-state index in [1.54, 1.807) is 19.1 Å². The summed E-state index contributed by atoms with van der Waals surface area (Å²) in [5, 5.41) is 9.89. The molecule has 12 heteroatoms. The van der Waals surface area contributed by atoms with Crippen LogP contribution in [0.1, 0.15) is 65.3 Å². The number of hydrogen-bond donors (Lipinski definition) is 2. The van der Waals surface area contributed by atoms with Gasteiger partial charge in [0, 0.05) is 43.5 Å². The molecule has 1 amide bonds. The number of aromatic amines is 1. The number of amides is 1. The summed E-state index contributed by atoms with van der Waals surface area (Å²) >= 11 is 0. The maximum atomic E-state index is 14.2. The van der Waals surface area contributed by atoms with Crippen LogP contribution < -0.4 is 10.9 Å². The summed E-state index contributed by atoms with van der Waals surface area (Å²) in [6.45, 7) is 2.30. The lowest BCUT2D eigenvalue weighted by Crippen LogP contribution is -2.40. The molecule has 0 unspecified atom stereocenters. The molecule has 36 heavy (non-hydrogen) atoms. The van der Waals surface area contributed by atoms with Crippen molar-refractivity contribution in [2.45, 2.75) is 50.6 Å². The molecule has 0 bridgehead atoms. The van der Waals surface area contributed by atoms with E-state index in [1.807, 2.05) is 0 Å². The zero-order chi connectivity index (χ0) is 25.8. The number of piperidine rings is 1. The minimum Gasteiger partial charge on any atom is -0.345 e. The highest BCUT2D eigenvalue weighted by Gasteiger charge is 2.40. The Kier molecular flexibility index (Phi) is 5.98. The number of pyridine rings is 1. The predicted octanol–water partition coefficient (Wildman–Crippen LogP) is 2.85. The van der Waals surface area contributed by atoms with Crippen LogP contribution in [0.15, 0.2) is 35.4 Å². The van der Waals surface area contributed by atoms with Crippen molar-refractivity contribution in [1.82, 2.24) is 24.4 Å². The van der Waals surface area contributed by atoms with Gasteiger partial charge in [-0.1, -0.05) is 18.2 Å². The maximum Gasteiger partial charge on any atom is 0.273 e. The summed E-state index contributed by atoms with van der Waals surface area (Å²) in [7, 11) is -3.32. The quantitative estimate of drug-likeness (QED) is 0.538. The molecule has 1 aromatic carbocycles. The fraction of sp³-hybridized carbons (Fsp3) is 0.458. The number of alkyl halides is 2. The van der Waals surface area contributed by atoms with Gasteiger partial charge in [0.2, 0.25) is 10.0 Å². The molecule has 0 spiro atoms. The molecular formula is C24H27F2N5O4S. The Hall–Kier alpha value is -3.12. The van der Waals surface area contributed by atoms with Crippen LogP contribution in [0.4, 0.5) is 8.78 Å². The minimum absolute atomic E-state index is 0.00442. The molecule has 1 fully saturated rings. The predicted molar refractivity (Wildman–Crippen MR) is 130 cm³/mol. The van der Waals surface area contributed by atoms with Gasteiger partial charge >= 0.3 is 0 Å². The molecule has 3 aromatic rings. The normalized spacial score (nSPS) is 19.3. The van der Waals surface area contributed by atoms with Crippen molar-refractivity contribution in [2.75, 3.05) is 19.3 Å². The highest BCUT2D eigenvalue weighted by atomic mass is 32.2. The van der Waals surface area contributed by atoms with E-state index >= 15 is 0 Å². The number of H-pyrrole nitrogens is 1. The van der Waals surface area contributed by atoms with Gasteiger partial charge in [0.15, 0.2) is 0 Å². The largest absolute Gasteiger partial charge is 0.345 e. The standard InChI is InChI=1S/C24H27F2N5O4S/c1-14(16-4-3-5-20-17(16)6-9-24(20,25)26)28-22(32)19-13-31(23(33)18-12-27-29-21(18)19)15-7-10-30(11-8-15)36(2,34)35/h3-5,12-15H,6-11H2,1-2H3,(H,27,29)(H,28,32)/t14-/m1/s1. The van der Waals surface area contributed by atoms with Gasteiger partial charge in [0.25, 0.3) is 17.4 Å². The third kappa shape index (κ3) is 4.21. The Morgan fingerprint density at radius 1 is 1.28 bits per heavy atom. The minimum atomic E-state index is -3.32. The summed E-state index contributed by atoms with van der Waals surface area (Å²) in [6.07, 6.45) is 4.90. The maximum absolute atomic E-state index is 14.2. The topological polar surface area (TPSA) is 117 Å². The Labute approximate surface area is 206 Å². The smallest absolute Gasteiger partial charge is 0.273 e. The number of sulfonamides is 1. The van der Waals surface area contributed by atoms with Crippen molar-refractivity contribution in [1.29, 1.82) is 0 Å². The number of carbonyl (C=O) groups excluding carboxylic acids is 1. The number of aromatic nitrogens is 3. The molecule has 2 N–H and O–H groups in total. The summed E-state index contributed by atoms with van der Waals surface area (Å²) in [4.78, 5) is 26.5. The van der Waals surface area contributed by atoms with Gasteiger partial charge in [-0.25, -0.2) is 21.5 Å². The molecule has 1 aliphatic heterocycles. The van der Waals surface area contributed by atoms with E-state index in [-0.39, 0.29) is 59.6 Å². The number of hydrogen-bond acceptors (Lipinski definition) is 5. The highest BCUT2D eigenvalue weighted by molar-refractivity contribution is 7.88. The molecule has 192 valence electrons. The number of halogens is 2. The first kappa shape index (κ1) is 24.6. The highest BCUT2D eigenvalue weighted by Crippen LogP contribution is 2.43. The number of nitrogens with zero attached hydrogens (tertiary/aromatic N) is 3. The van der Waals surface area contributed by atoms with E-state index < -0.39 is 27.9 Å². The molecule has 2 aliphatic rings. The summed E-state index contributed by atoms with van der Waals surface area (Å²) in [5.74, 6) is -3.36. The van der Waals surface area contributed by atoms with E-state index in [2.05, 4.69) is 15.5 Å². The van der Waals surface area contributed by atoms with Gasteiger partial charge in [0.1, 0.15) is 5.52 Å². The lowest BCUT2D eigenvalue weighted by atomic mass is 9.97. The number of fused-ring (bicyclic) bond motifs is 2. The van der Waals surface area contributed by atoms with Crippen LogP contribution in [0.25, 0.3) is 10.9 Å². The van der Waals surface area contributed by atoms with Crippen molar-refractivity contribution in [3.05, 3.63) is 63.2 Å². The fourth-order valence-corrected chi connectivity index (χ4v) is 6.22. The van der Waals surface area contributed by atoms with Crippen molar-refractivity contribution in [2.24, 2.45) is 0 Å². The van der Waals surface area contributed by atoms with Crippen LogP contribution in [-0.2, 0) is 22.4 Å². The van der Waals surface area contributed by atoms with Gasteiger partial charge in [0.05, 0.1) is 23.2 Å². The van der Waals surface area contributed by atoms with Crippen LogP contribution in [0.2, 0.25) is 0 Å². The van der Waals surface area contributed by atoms with E-state index in [0.29, 0.717) is 24.0 Å². The number of carbonyl (C=O) groups is 1. The monoisotopic (exact) mass is 519 g/mol. The molecule has 1 aliphatic carbocycles. The van der Waals surface area contributed by atoms with Gasteiger partial charge in [-0.05, 0) is 37.3 Å². The zero-order valence-electron chi connectivity index (χ0n) is 19.9. The summed E-state index contributed by atoms with van der Waals surface area (Å²) in [5.41, 5.74) is 1.29. The van der Waals surface area contributed by atoms with E-state index in [0.717, 1.165) is 6.26 Å². The Morgan fingerprint density at radius 3 is 2.69 bits per heavy atom. The first-order valence-electron chi connectivity index (χ1n) is 11.8. The molecule has 2 aromatic heterocycles. The fourth-order valence-electron chi connectivity index (χ4n) is 5.35. The first-order chi connectivity index (χ1) is 17.0. The van der Waals surface area contributed by atoms with Crippen molar-refractivity contribution >= 4 is 26.8 Å². The molecule has 5 rings (SSSR count). The lowest BCUT2D eigenvalue weighted by molar-refractivity contribution is -0.00185. The Balaban J connectivity index is 1.44. The average molecular weight is 520 g/mol. The van der Waals surface area contributed by atoms with Crippen LogP contribution in [0.3, 0.4) is 0 Å². The van der Waals surface area contributed by atoms with Gasteiger partial charge in [-0.2, -0.15) is 5.10 Å². The Bertz CT molecular complexity index is 1510. The molecule has 3 heterocycles. The zero-order valence-corrected chi connectivity index (χ0v) is 20.7. The van der Waals surface area contributed by atoms with E-state index in [4.69, 9.17) is 0 Å². The van der Waals surface area contributed by atoms with E-state index in [9.17, 15) is 26.8 Å². The first-order valence-corrected chi connectivity index (χ1v) is 13.7. The molecule has 9 nitrogen and oxygen atoms in total. The molecular weight excluding hydrogens is 492 g/mol. The van der Waals surface area contributed by atoms with Crippen molar-refractivity contribution in [3.8, 4) is 0 Å². The van der Waals surface area contributed by atoms with Crippen molar-refractivity contribution in [3.63, 3.8) is 0 Å². The molecule has 0 saturated carbocycles. The second-order valence-electron chi connectivity index (χ2n) is 9.57. The van der Waals surface area contributed by atoms with E-state index in [1.165, 1.54) is 27.3 Å².